The van der Waals surface area contributed by atoms with Crippen molar-refractivity contribution in [2.24, 2.45) is 22.5 Å². The van der Waals surface area contributed by atoms with Crippen molar-refractivity contribution < 1.29 is 0 Å². The Labute approximate surface area is 127 Å². The van der Waals surface area contributed by atoms with Crippen LogP contribution in [-0.2, 0) is 0 Å². The maximum Gasteiger partial charge on any atom is 0.244 e. The van der Waals surface area contributed by atoms with Gasteiger partial charge in [0, 0.05) is 25.0 Å². The van der Waals surface area contributed by atoms with E-state index < -0.39 is 0 Å². The maximum atomic E-state index is 6.01. The fourth-order valence-electron chi connectivity index (χ4n) is 4.04. The summed E-state index contributed by atoms with van der Waals surface area (Å²) in [5.74, 6) is 3.04. The van der Waals surface area contributed by atoms with Crippen molar-refractivity contribution >= 4 is 5.95 Å². The predicted octanol–water partition coefficient (Wildman–Crippen LogP) is 2.52. The van der Waals surface area contributed by atoms with E-state index >= 15 is 0 Å². The van der Waals surface area contributed by atoms with E-state index in [9.17, 15) is 0 Å². The van der Waals surface area contributed by atoms with Crippen molar-refractivity contribution in [2.75, 3.05) is 18.0 Å². The van der Waals surface area contributed by atoms with Crippen LogP contribution in [0.15, 0.2) is 0 Å². The Morgan fingerprint density at radius 3 is 2.24 bits per heavy atom. The number of nitrogens with one attached hydrogen (secondary N) is 1. The van der Waals surface area contributed by atoms with E-state index in [1.807, 2.05) is 0 Å². The van der Waals surface area contributed by atoms with Gasteiger partial charge in [-0.2, -0.15) is 4.98 Å². The highest BCUT2D eigenvalue weighted by molar-refractivity contribution is 5.34. The van der Waals surface area contributed by atoms with Crippen molar-refractivity contribution in [3.63, 3.8) is 0 Å². The minimum absolute atomic E-state index is 0.294. The van der Waals surface area contributed by atoms with Gasteiger partial charge in [-0.3, -0.25) is 5.10 Å². The second-order valence-electron chi connectivity index (χ2n) is 8.08. The first-order valence-electron chi connectivity index (χ1n) is 8.18. The van der Waals surface area contributed by atoms with Gasteiger partial charge < -0.3 is 10.6 Å². The third-order valence-electron chi connectivity index (χ3n) is 6.35. The summed E-state index contributed by atoms with van der Waals surface area (Å²) in [5.41, 5.74) is 6.60. The van der Waals surface area contributed by atoms with Gasteiger partial charge in [-0.25, -0.2) is 0 Å². The highest BCUT2D eigenvalue weighted by Crippen LogP contribution is 2.72. The molecule has 1 aromatic rings. The minimum Gasteiger partial charge on any atom is -0.340 e. The molecule has 3 rings (SSSR count). The lowest BCUT2D eigenvalue weighted by Gasteiger charge is -2.32. The van der Waals surface area contributed by atoms with Gasteiger partial charge in [0.1, 0.15) is 5.82 Å². The normalized spacial score (nSPS) is 26.9. The highest BCUT2D eigenvalue weighted by Gasteiger charge is 2.66. The molecule has 1 aliphatic heterocycles. The first-order valence-corrected chi connectivity index (χ1v) is 8.18. The molecule has 1 aliphatic carbocycles. The van der Waals surface area contributed by atoms with Crippen LogP contribution in [-0.4, -0.2) is 34.3 Å². The van der Waals surface area contributed by atoms with Crippen LogP contribution >= 0.6 is 0 Å². The molecule has 2 aliphatic rings. The van der Waals surface area contributed by atoms with Crippen LogP contribution < -0.4 is 10.6 Å². The van der Waals surface area contributed by atoms with Gasteiger partial charge in [0.05, 0.1) is 0 Å². The van der Waals surface area contributed by atoms with Crippen LogP contribution in [0.1, 0.15) is 59.2 Å². The van der Waals surface area contributed by atoms with Crippen molar-refractivity contribution in [3.05, 3.63) is 5.82 Å². The van der Waals surface area contributed by atoms with E-state index in [2.05, 4.69) is 49.7 Å². The number of aromatic amines is 1. The van der Waals surface area contributed by atoms with Crippen LogP contribution in [0.5, 0.6) is 0 Å². The third kappa shape index (κ3) is 2.26. The number of H-pyrrole nitrogens is 1. The molecule has 118 valence electrons. The topological polar surface area (TPSA) is 70.8 Å². The van der Waals surface area contributed by atoms with Gasteiger partial charge in [-0.1, -0.05) is 27.7 Å². The van der Waals surface area contributed by atoms with Crippen LogP contribution in [0, 0.1) is 16.7 Å². The molecule has 21 heavy (non-hydrogen) atoms. The molecule has 5 heteroatoms. The maximum absolute atomic E-state index is 6.01. The van der Waals surface area contributed by atoms with Gasteiger partial charge in [0.2, 0.25) is 5.95 Å². The van der Waals surface area contributed by atoms with E-state index in [1.165, 1.54) is 0 Å². The number of hydrogen-bond acceptors (Lipinski definition) is 4. The number of nitrogens with zero attached hydrogens (tertiary/aromatic N) is 3. The Bertz CT molecular complexity index is 494. The molecule has 2 fully saturated rings. The average Bonchev–Trinajstić information content (AvgIpc) is 2.77. The highest BCUT2D eigenvalue weighted by atomic mass is 15.4. The van der Waals surface area contributed by atoms with E-state index in [0.717, 1.165) is 37.7 Å². The van der Waals surface area contributed by atoms with Gasteiger partial charge in [-0.05, 0) is 36.5 Å². The fourth-order valence-corrected chi connectivity index (χ4v) is 4.04. The Balaban J connectivity index is 1.67. The van der Waals surface area contributed by atoms with Crippen molar-refractivity contribution in [2.45, 2.75) is 59.4 Å². The summed E-state index contributed by atoms with van der Waals surface area (Å²) < 4.78 is 0. The third-order valence-corrected chi connectivity index (χ3v) is 6.35. The summed E-state index contributed by atoms with van der Waals surface area (Å²) >= 11 is 0. The second-order valence-corrected chi connectivity index (χ2v) is 8.08. The molecule has 1 atom stereocenters. The number of aromatic nitrogens is 3. The smallest absolute Gasteiger partial charge is 0.244 e. The Kier molecular flexibility index (Phi) is 3.32. The molecule has 2 heterocycles. The zero-order valence-corrected chi connectivity index (χ0v) is 14.0. The molecule has 1 unspecified atom stereocenters. The number of anilines is 1. The number of rotatable bonds is 3. The van der Waals surface area contributed by atoms with Crippen molar-refractivity contribution in [3.8, 4) is 0 Å². The molecule has 5 nitrogen and oxygen atoms in total. The molecular weight excluding hydrogens is 262 g/mol. The standard InChI is InChI=1S/C16H29N5/c1-10(17)11-6-8-21(9-7-11)14-18-13(19-20-14)12-15(2,3)16(12,4)5/h10-12H,6-9,17H2,1-5H3,(H,18,19,20). The number of piperidine rings is 1. The molecule has 1 aromatic heterocycles. The van der Waals surface area contributed by atoms with Crippen molar-refractivity contribution in [1.82, 2.24) is 15.2 Å². The summed E-state index contributed by atoms with van der Waals surface area (Å²) in [5, 5.41) is 7.64. The molecule has 0 radical (unpaired) electrons. The summed E-state index contributed by atoms with van der Waals surface area (Å²) in [7, 11) is 0. The summed E-state index contributed by atoms with van der Waals surface area (Å²) in [6.07, 6.45) is 2.28. The SMILES string of the molecule is CC(N)C1CCN(c2n[nH]c(C3C(C)(C)C3(C)C)n2)CC1. The lowest BCUT2D eigenvalue weighted by molar-refractivity contribution is 0.352. The van der Waals surface area contributed by atoms with Gasteiger partial charge in [-0.15, -0.1) is 5.10 Å². The molecule has 3 N–H and O–H groups in total. The minimum atomic E-state index is 0.294. The Morgan fingerprint density at radius 1 is 1.19 bits per heavy atom. The van der Waals surface area contributed by atoms with Crippen LogP contribution in [0.4, 0.5) is 5.95 Å². The molecular formula is C16H29N5. The molecule has 0 bridgehead atoms. The summed E-state index contributed by atoms with van der Waals surface area (Å²) in [4.78, 5) is 7.08. The zero-order chi connectivity index (χ0) is 15.4. The van der Waals surface area contributed by atoms with E-state index in [-0.39, 0.29) is 0 Å². The first kappa shape index (κ1) is 14.8. The lowest BCUT2D eigenvalue weighted by atomic mass is 9.91. The van der Waals surface area contributed by atoms with E-state index in [1.54, 1.807) is 0 Å². The second kappa shape index (κ2) is 4.70. The van der Waals surface area contributed by atoms with Crippen LogP contribution in [0.2, 0.25) is 0 Å². The van der Waals surface area contributed by atoms with E-state index in [4.69, 9.17) is 10.7 Å². The van der Waals surface area contributed by atoms with Gasteiger partial charge in [0.25, 0.3) is 0 Å². The average molecular weight is 291 g/mol. The molecule has 1 saturated carbocycles. The number of hydrogen-bond donors (Lipinski definition) is 2. The van der Waals surface area contributed by atoms with E-state index in [0.29, 0.717) is 28.7 Å². The lowest BCUT2D eigenvalue weighted by Crippen LogP contribution is -2.40. The van der Waals surface area contributed by atoms with Crippen LogP contribution in [0.3, 0.4) is 0 Å². The Morgan fingerprint density at radius 2 is 1.76 bits per heavy atom. The quantitative estimate of drug-likeness (QED) is 0.897. The molecule has 0 aromatic carbocycles. The predicted molar refractivity (Wildman–Crippen MR) is 85.3 cm³/mol. The fraction of sp³-hybridized carbons (Fsp3) is 0.875. The van der Waals surface area contributed by atoms with Gasteiger partial charge in [0.15, 0.2) is 0 Å². The molecule has 0 spiro atoms. The van der Waals surface area contributed by atoms with Crippen molar-refractivity contribution in [1.29, 1.82) is 0 Å². The molecule has 1 saturated heterocycles. The first-order chi connectivity index (χ1) is 9.75. The summed E-state index contributed by atoms with van der Waals surface area (Å²) in [6.45, 7) is 13.4. The molecule has 0 amide bonds. The van der Waals surface area contributed by atoms with Gasteiger partial charge >= 0.3 is 0 Å². The van der Waals surface area contributed by atoms with Crippen LogP contribution in [0.25, 0.3) is 0 Å². The zero-order valence-electron chi connectivity index (χ0n) is 14.0. The Hall–Kier alpha value is -1.10. The largest absolute Gasteiger partial charge is 0.340 e. The monoisotopic (exact) mass is 291 g/mol. The number of nitrogens with two attached hydrogens (primary N) is 1. The summed E-state index contributed by atoms with van der Waals surface area (Å²) in [6, 6.07) is 0.294.